The third-order valence-electron chi connectivity index (χ3n) is 2.91. The number of fused-ring (bicyclic) bond motifs is 1. The normalized spacial score (nSPS) is 10.7. The smallest absolute Gasteiger partial charge is 0.183 e. The summed E-state index contributed by atoms with van der Waals surface area (Å²) in [6.45, 7) is 0. The van der Waals surface area contributed by atoms with Crippen molar-refractivity contribution in [3.05, 3.63) is 58.5 Å². The van der Waals surface area contributed by atoms with E-state index in [0.717, 1.165) is 17.5 Å². The molecule has 3 nitrogen and oxygen atoms in total. The number of aryl methyl sites for hydroxylation is 1. The van der Waals surface area contributed by atoms with E-state index >= 15 is 0 Å². The zero-order chi connectivity index (χ0) is 13.1. The molecule has 0 amide bonds. The van der Waals surface area contributed by atoms with Crippen LogP contribution in [0.2, 0.25) is 0 Å². The number of carbonyl (C=O) groups is 1. The standard InChI is InChI=1S/C15H12N2OS/c18-15(8-7-11-4-3-9-19-11)14-10-16-12-5-1-2-6-13(12)17-14/h1-6,9-10H,7-8H2. The molecule has 19 heavy (non-hydrogen) atoms. The molecule has 0 N–H and O–H groups in total. The van der Waals surface area contributed by atoms with Crippen LogP contribution < -0.4 is 0 Å². The van der Waals surface area contributed by atoms with Gasteiger partial charge in [-0.05, 0) is 30.0 Å². The molecule has 3 rings (SSSR count). The molecule has 0 fully saturated rings. The second kappa shape index (κ2) is 5.28. The molecule has 0 unspecified atom stereocenters. The van der Waals surface area contributed by atoms with Crippen molar-refractivity contribution in [3.8, 4) is 0 Å². The van der Waals surface area contributed by atoms with Gasteiger partial charge in [-0.25, -0.2) is 4.98 Å². The minimum atomic E-state index is 0.0478. The minimum Gasteiger partial charge on any atom is -0.292 e. The van der Waals surface area contributed by atoms with Crippen molar-refractivity contribution < 1.29 is 4.79 Å². The monoisotopic (exact) mass is 268 g/mol. The number of rotatable bonds is 4. The summed E-state index contributed by atoms with van der Waals surface area (Å²) in [7, 11) is 0. The van der Waals surface area contributed by atoms with Crippen molar-refractivity contribution in [2.24, 2.45) is 0 Å². The first-order valence-electron chi connectivity index (χ1n) is 6.10. The van der Waals surface area contributed by atoms with Gasteiger partial charge in [-0.2, -0.15) is 0 Å². The molecule has 4 heteroatoms. The van der Waals surface area contributed by atoms with Gasteiger partial charge in [0.05, 0.1) is 17.2 Å². The highest BCUT2D eigenvalue weighted by molar-refractivity contribution is 7.09. The van der Waals surface area contributed by atoms with Gasteiger partial charge >= 0.3 is 0 Å². The zero-order valence-corrected chi connectivity index (χ0v) is 11.1. The maximum atomic E-state index is 12.1. The topological polar surface area (TPSA) is 42.9 Å². The Bertz CT molecular complexity index is 707. The Morgan fingerprint density at radius 3 is 2.74 bits per heavy atom. The van der Waals surface area contributed by atoms with E-state index in [4.69, 9.17) is 0 Å². The Hall–Kier alpha value is -2.07. The number of Topliss-reactive ketones (excluding diaryl/α,β-unsaturated/α-hetero) is 1. The van der Waals surface area contributed by atoms with E-state index in [2.05, 4.69) is 9.97 Å². The van der Waals surface area contributed by atoms with Crippen LogP contribution in [0.5, 0.6) is 0 Å². The number of ketones is 1. The largest absolute Gasteiger partial charge is 0.292 e. The number of hydrogen-bond acceptors (Lipinski definition) is 4. The molecule has 0 spiro atoms. The molecule has 3 aromatic rings. The van der Waals surface area contributed by atoms with Crippen molar-refractivity contribution in [2.45, 2.75) is 12.8 Å². The second-order valence-electron chi connectivity index (χ2n) is 4.25. The fraction of sp³-hybridized carbons (Fsp3) is 0.133. The third kappa shape index (κ3) is 2.69. The van der Waals surface area contributed by atoms with Gasteiger partial charge in [0, 0.05) is 11.3 Å². The predicted octanol–water partition coefficient (Wildman–Crippen LogP) is 3.51. The number of hydrogen-bond donors (Lipinski definition) is 0. The second-order valence-corrected chi connectivity index (χ2v) is 5.28. The molecule has 0 radical (unpaired) electrons. The van der Waals surface area contributed by atoms with E-state index in [0.29, 0.717) is 12.1 Å². The Kier molecular flexibility index (Phi) is 3.33. The summed E-state index contributed by atoms with van der Waals surface area (Å²) in [6, 6.07) is 11.6. The van der Waals surface area contributed by atoms with Crippen LogP contribution in [0.4, 0.5) is 0 Å². The van der Waals surface area contributed by atoms with Crippen molar-refractivity contribution >= 4 is 28.2 Å². The first-order chi connectivity index (χ1) is 9.33. The Morgan fingerprint density at radius 2 is 1.95 bits per heavy atom. The van der Waals surface area contributed by atoms with Gasteiger partial charge in [-0.3, -0.25) is 9.78 Å². The van der Waals surface area contributed by atoms with Crippen LogP contribution in [0.25, 0.3) is 11.0 Å². The van der Waals surface area contributed by atoms with Crippen LogP contribution in [0.3, 0.4) is 0 Å². The van der Waals surface area contributed by atoms with Gasteiger partial charge in [0.25, 0.3) is 0 Å². The molecular formula is C15H12N2OS. The number of nitrogens with zero attached hydrogens (tertiary/aromatic N) is 2. The average Bonchev–Trinajstić information content (AvgIpc) is 2.97. The van der Waals surface area contributed by atoms with Crippen molar-refractivity contribution in [1.29, 1.82) is 0 Å². The molecule has 0 aliphatic carbocycles. The molecule has 0 saturated heterocycles. The number of benzene rings is 1. The first kappa shape index (κ1) is 12.0. The molecule has 1 aromatic carbocycles. The number of para-hydroxylation sites is 2. The Morgan fingerprint density at radius 1 is 1.11 bits per heavy atom. The van der Waals surface area contributed by atoms with Gasteiger partial charge < -0.3 is 0 Å². The molecule has 2 heterocycles. The van der Waals surface area contributed by atoms with E-state index in [1.54, 1.807) is 17.5 Å². The summed E-state index contributed by atoms with van der Waals surface area (Å²) >= 11 is 1.67. The van der Waals surface area contributed by atoms with Gasteiger partial charge in [-0.1, -0.05) is 18.2 Å². The lowest BCUT2D eigenvalue weighted by Gasteiger charge is -2.01. The summed E-state index contributed by atoms with van der Waals surface area (Å²) in [6.07, 6.45) is 2.82. The first-order valence-corrected chi connectivity index (χ1v) is 6.98. The van der Waals surface area contributed by atoms with Crippen LogP contribution >= 0.6 is 11.3 Å². The summed E-state index contributed by atoms with van der Waals surface area (Å²) < 4.78 is 0. The highest BCUT2D eigenvalue weighted by atomic mass is 32.1. The van der Waals surface area contributed by atoms with Gasteiger partial charge in [0.2, 0.25) is 0 Å². The maximum absolute atomic E-state index is 12.1. The molecule has 0 bridgehead atoms. The van der Waals surface area contributed by atoms with Crippen LogP contribution in [0.15, 0.2) is 48.0 Å². The van der Waals surface area contributed by atoms with E-state index in [9.17, 15) is 4.79 Å². The van der Waals surface area contributed by atoms with Crippen molar-refractivity contribution in [1.82, 2.24) is 9.97 Å². The Balaban J connectivity index is 1.77. The van der Waals surface area contributed by atoms with Crippen LogP contribution in [-0.2, 0) is 6.42 Å². The minimum absolute atomic E-state index is 0.0478. The summed E-state index contributed by atoms with van der Waals surface area (Å²) in [5.41, 5.74) is 2.04. The molecule has 0 saturated carbocycles. The molecule has 0 aliphatic rings. The van der Waals surface area contributed by atoms with Crippen LogP contribution in [0.1, 0.15) is 21.8 Å². The fourth-order valence-electron chi connectivity index (χ4n) is 1.91. The van der Waals surface area contributed by atoms with Crippen molar-refractivity contribution in [3.63, 3.8) is 0 Å². The van der Waals surface area contributed by atoms with Crippen LogP contribution in [0, 0.1) is 0 Å². The molecule has 0 aliphatic heterocycles. The SMILES string of the molecule is O=C(CCc1cccs1)c1cnc2ccccc2n1. The van der Waals surface area contributed by atoms with E-state index < -0.39 is 0 Å². The highest BCUT2D eigenvalue weighted by Crippen LogP contribution is 2.14. The van der Waals surface area contributed by atoms with Gasteiger partial charge in [-0.15, -0.1) is 11.3 Å². The lowest BCUT2D eigenvalue weighted by molar-refractivity contribution is 0.0978. The summed E-state index contributed by atoms with van der Waals surface area (Å²) in [5.74, 6) is 0.0478. The zero-order valence-electron chi connectivity index (χ0n) is 10.2. The van der Waals surface area contributed by atoms with Gasteiger partial charge in [0.15, 0.2) is 5.78 Å². The molecule has 0 atom stereocenters. The summed E-state index contributed by atoms with van der Waals surface area (Å²) in [5, 5.41) is 2.02. The molecular weight excluding hydrogens is 256 g/mol. The average molecular weight is 268 g/mol. The summed E-state index contributed by atoms with van der Waals surface area (Å²) in [4.78, 5) is 21.9. The van der Waals surface area contributed by atoms with Crippen LogP contribution in [-0.4, -0.2) is 15.8 Å². The lowest BCUT2D eigenvalue weighted by Crippen LogP contribution is -2.04. The number of aromatic nitrogens is 2. The fourth-order valence-corrected chi connectivity index (χ4v) is 2.62. The third-order valence-corrected chi connectivity index (χ3v) is 3.85. The van der Waals surface area contributed by atoms with E-state index in [1.807, 2.05) is 41.8 Å². The Labute approximate surface area is 115 Å². The van der Waals surface area contributed by atoms with Gasteiger partial charge in [0.1, 0.15) is 5.69 Å². The maximum Gasteiger partial charge on any atom is 0.183 e. The highest BCUT2D eigenvalue weighted by Gasteiger charge is 2.09. The number of thiophene rings is 1. The predicted molar refractivity (Wildman–Crippen MR) is 76.5 cm³/mol. The quantitative estimate of drug-likeness (QED) is 0.680. The lowest BCUT2D eigenvalue weighted by atomic mass is 10.1. The van der Waals surface area contributed by atoms with E-state index in [-0.39, 0.29) is 5.78 Å². The molecule has 2 aromatic heterocycles. The molecule has 94 valence electrons. The van der Waals surface area contributed by atoms with E-state index in [1.165, 1.54) is 4.88 Å². The van der Waals surface area contributed by atoms with Crippen molar-refractivity contribution in [2.75, 3.05) is 0 Å². The number of carbonyl (C=O) groups excluding carboxylic acids is 1.